The van der Waals surface area contributed by atoms with Crippen LogP contribution in [-0.4, -0.2) is 25.7 Å². The summed E-state index contributed by atoms with van der Waals surface area (Å²) in [5, 5.41) is 10.3. The van der Waals surface area contributed by atoms with Crippen molar-refractivity contribution in [2.24, 2.45) is 0 Å². The Labute approximate surface area is 146 Å². The number of amides is 1. The SMILES string of the molecule is Cc1ccc(F)cc1NC(=O)Cn1nnn(-c2ccccc2Cl)c1=O. The molecule has 0 saturated carbocycles. The van der Waals surface area contributed by atoms with Crippen molar-refractivity contribution < 1.29 is 9.18 Å². The van der Waals surface area contributed by atoms with Crippen molar-refractivity contribution in [1.82, 2.24) is 19.8 Å². The summed E-state index contributed by atoms with van der Waals surface area (Å²) in [4.78, 5) is 24.4. The van der Waals surface area contributed by atoms with Crippen LogP contribution >= 0.6 is 11.6 Å². The number of nitrogens with zero attached hydrogens (tertiary/aromatic N) is 4. The van der Waals surface area contributed by atoms with E-state index in [0.717, 1.165) is 9.36 Å². The molecule has 0 aliphatic rings. The Bertz CT molecular complexity index is 998. The third-order valence-corrected chi connectivity index (χ3v) is 3.81. The maximum atomic E-state index is 13.3. The second-order valence-corrected chi connectivity index (χ2v) is 5.70. The zero-order valence-electron chi connectivity index (χ0n) is 13.1. The lowest BCUT2D eigenvalue weighted by atomic mass is 10.2. The number of aromatic nitrogens is 4. The Kier molecular flexibility index (Phi) is 4.62. The van der Waals surface area contributed by atoms with Gasteiger partial charge in [0.15, 0.2) is 0 Å². The fourth-order valence-corrected chi connectivity index (χ4v) is 2.42. The molecule has 25 heavy (non-hydrogen) atoms. The number of nitrogens with one attached hydrogen (secondary N) is 1. The molecule has 7 nitrogen and oxygen atoms in total. The Morgan fingerprint density at radius 1 is 1.24 bits per heavy atom. The van der Waals surface area contributed by atoms with Gasteiger partial charge in [-0.05, 0) is 47.2 Å². The number of tetrazole rings is 1. The molecule has 3 aromatic rings. The second kappa shape index (κ2) is 6.86. The Morgan fingerprint density at radius 3 is 2.76 bits per heavy atom. The van der Waals surface area contributed by atoms with Crippen molar-refractivity contribution in [2.75, 3.05) is 5.32 Å². The zero-order chi connectivity index (χ0) is 18.0. The maximum Gasteiger partial charge on any atom is 0.369 e. The number of carbonyl (C=O) groups is 1. The van der Waals surface area contributed by atoms with E-state index >= 15 is 0 Å². The van der Waals surface area contributed by atoms with Crippen LogP contribution in [0.15, 0.2) is 47.3 Å². The number of rotatable bonds is 4. The minimum atomic E-state index is -0.612. The van der Waals surface area contributed by atoms with Crippen molar-refractivity contribution in [3.8, 4) is 5.69 Å². The smallest absolute Gasteiger partial charge is 0.324 e. The molecular formula is C16H13ClFN5O2. The Balaban J connectivity index is 1.80. The molecule has 0 spiro atoms. The molecule has 0 saturated heterocycles. The molecule has 1 N–H and O–H groups in total. The standard InChI is InChI=1S/C16H13ClFN5O2/c1-10-6-7-11(18)8-13(10)19-15(24)9-22-16(25)23(21-20-22)14-5-3-2-4-12(14)17/h2-8H,9H2,1H3,(H,19,24). The molecule has 0 atom stereocenters. The molecule has 0 radical (unpaired) electrons. The molecule has 0 fully saturated rings. The van der Waals surface area contributed by atoms with Crippen molar-refractivity contribution in [2.45, 2.75) is 13.5 Å². The second-order valence-electron chi connectivity index (χ2n) is 5.29. The molecule has 1 heterocycles. The van der Waals surface area contributed by atoms with Crippen LogP contribution < -0.4 is 11.0 Å². The van der Waals surface area contributed by atoms with Crippen molar-refractivity contribution in [1.29, 1.82) is 0 Å². The Hall–Kier alpha value is -3.00. The highest BCUT2D eigenvalue weighted by molar-refractivity contribution is 6.32. The van der Waals surface area contributed by atoms with Gasteiger partial charge in [0.25, 0.3) is 0 Å². The quantitative estimate of drug-likeness (QED) is 0.772. The Morgan fingerprint density at radius 2 is 2.00 bits per heavy atom. The molecule has 1 amide bonds. The van der Waals surface area contributed by atoms with E-state index in [1.54, 1.807) is 37.3 Å². The highest BCUT2D eigenvalue weighted by Crippen LogP contribution is 2.17. The van der Waals surface area contributed by atoms with Gasteiger partial charge in [0.05, 0.1) is 10.7 Å². The lowest BCUT2D eigenvalue weighted by molar-refractivity contribution is -0.117. The minimum absolute atomic E-state index is 0.330. The van der Waals surface area contributed by atoms with E-state index in [2.05, 4.69) is 15.7 Å². The van der Waals surface area contributed by atoms with Crippen LogP contribution in [0.4, 0.5) is 10.1 Å². The minimum Gasteiger partial charge on any atom is -0.324 e. The summed E-state index contributed by atoms with van der Waals surface area (Å²) >= 11 is 6.03. The fourth-order valence-electron chi connectivity index (χ4n) is 2.20. The van der Waals surface area contributed by atoms with E-state index in [0.29, 0.717) is 22.0 Å². The van der Waals surface area contributed by atoms with Crippen molar-refractivity contribution >= 4 is 23.2 Å². The summed E-state index contributed by atoms with van der Waals surface area (Å²) in [5.41, 5.74) is 0.777. The molecule has 0 aliphatic heterocycles. The van der Waals surface area contributed by atoms with Crippen LogP contribution in [0.1, 0.15) is 5.56 Å². The van der Waals surface area contributed by atoms with Crippen LogP contribution in [0.25, 0.3) is 5.69 Å². The van der Waals surface area contributed by atoms with Crippen LogP contribution in [-0.2, 0) is 11.3 Å². The van der Waals surface area contributed by atoms with Gasteiger partial charge in [-0.2, -0.15) is 9.36 Å². The molecule has 0 aliphatic carbocycles. The molecule has 128 valence electrons. The summed E-state index contributed by atoms with van der Waals surface area (Å²) in [6.07, 6.45) is 0. The molecule has 1 aromatic heterocycles. The lowest BCUT2D eigenvalue weighted by Crippen LogP contribution is -2.30. The molecule has 0 bridgehead atoms. The van der Waals surface area contributed by atoms with Crippen LogP contribution in [0.3, 0.4) is 0 Å². The van der Waals surface area contributed by atoms with E-state index in [4.69, 9.17) is 11.6 Å². The highest BCUT2D eigenvalue weighted by atomic mass is 35.5. The molecule has 2 aromatic carbocycles. The predicted molar refractivity (Wildman–Crippen MR) is 90.4 cm³/mol. The predicted octanol–water partition coefficient (Wildman–Crippen LogP) is 2.17. The monoisotopic (exact) mass is 361 g/mol. The first-order valence-electron chi connectivity index (χ1n) is 7.29. The normalized spacial score (nSPS) is 10.7. The van der Waals surface area contributed by atoms with Gasteiger partial charge in [0, 0.05) is 5.69 Å². The van der Waals surface area contributed by atoms with Gasteiger partial charge < -0.3 is 5.32 Å². The van der Waals surface area contributed by atoms with Gasteiger partial charge in [-0.25, -0.2) is 9.18 Å². The number of anilines is 1. The van der Waals surface area contributed by atoms with Crippen molar-refractivity contribution in [3.63, 3.8) is 0 Å². The van der Waals surface area contributed by atoms with E-state index in [1.165, 1.54) is 12.1 Å². The van der Waals surface area contributed by atoms with Crippen LogP contribution in [0, 0.1) is 12.7 Å². The maximum absolute atomic E-state index is 13.3. The number of hydrogen-bond acceptors (Lipinski definition) is 4. The van der Waals surface area contributed by atoms with Gasteiger partial charge in [0.2, 0.25) is 5.91 Å². The number of halogens is 2. The zero-order valence-corrected chi connectivity index (χ0v) is 13.9. The van der Waals surface area contributed by atoms with Gasteiger partial charge in [-0.1, -0.05) is 29.8 Å². The summed E-state index contributed by atoms with van der Waals surface area (Å²) < 4.78 is 15.2. The lowest BCUT2D eigenvalue weighted by Gasteiger charge is -2.07. The van der Waals surface area contributed by atoms with Crippen LogP contribution in [0.5, 0.6) is 0 Å². The summed E-state index contributed by atoms with van der Waals surface area (Å²) in [6.45, 7) is 1.37. The van der Waals surface area contributed by atoms with E-state index in [-0.39, 0.29) is 6.54 Å². The average Bonchev–Trinajstić information content (AvgIpc) is 2.92. The highest BCUT2D eigenvalue weighted by Gasteiger charge is 2.14. The number of benzene rings is 2. The molecule has 0 unspecified atom stereocenters. The van der Waals surface area contributed by atoms with Crippen molar-refractivity contribution in [3.05, 3.63) is 69.4 Å². The number of hydrogen-bond donors (Lipinski definition) is 1. The largest absolute Gasteiger partial charge is 0.369 e. The first kappa shape index (κ1) is 16.8. The fraction of sp³-hybridized carbons (Fsp3) is 0.125. The third-order valence-electron chi connectivity index (χ3n) is 3.49. The number of para-hydroxylation sites is 1. The van der Waals surface area contributed by atoms with Gasteiger partial charge in [-0.3, -0.25) is 4.79 Å². The topological polar surface area (TPSA) is 81.8 Å². The van der Waals surface area contributed by atoms with E-state index in [9.17, 15) is 14.0 Å². The summed E-state index contributed by atoms with van der Waals surface area (Å²) in [6, 6.07) is 10.7. The molecule has 3 rings (SSSR count). The first-order valence-corrected chi connectivity index (χ1v) is 7.67. The molecule has 9 heteroatoms. The van der Waals surface area contributed by atoms with E-state index in [1.807, 2.05) is 0 Å². The number of aryl methyl sites for hydroxylation is 1. The number of carbonyl (C=O) groups excluding carboxylic acids is 1. The van der Waals surface area contributed by atoms with Crippen LogP contribution in [0.2, 0.25) is 5.02 Å². The third kappa shape index (κ3) is 3.58. The van der Waals surface area contributed by atoms with Gasteiger partial charge in [-0.15, -0.1) is 0 Å². The summed E-state index contributed by atoms with van der Waals surface area (Å²) in [7, 11) is 0. The van der Waals surface area contributed by atoms with Gasteiger partial charge in [0.1, 0.15) is 12.4 Å². The first-order chi connectivity index (χ1) is 12.0. The molecular weight excluding hydrogens is 349 g/mol. The van der Waals surface area contributed by atoms with E-state index < -0.39 is 17.4 Å². The average molecular weight is 362 g/mol. The summed E-state index contributed by atoms with van der Waals surface area (Å²) in [5.74, 6) is -0.996. The van der Waals surface area contributed by atoms with Gasteiger partial charge >= 0.3 is 5.69 Å².